The van der Waals surface area contributed by atoms with Gasteiger partial charge in [0.25, 0.3) is 0 Å². The van der Waals surface area contributed by atoms with Crippen molar-refractivity contribution in [3.8, 4) is 11.6 Å². The summed E-state index contributed by atoms with van der Waals surface area (Å²) in [7, 11) is 0. The monoisotopic (exact) mass is 520 g/mol. The lowest BCUT2D eigenvalue weighted by Crippen LogP contribution is -2.02. The van der Waals surface area contributed by atoms with E-state index in [1.165, 1.54) is 6.92 Å². The highest BCUT2D eigenvalue weighted by Crippen LogP contribution is 2.32. The van der Waals surface area contributed by atoms with Crippen LogP contribution in [0.4, 0.5) is 5.69 Å². The first kappa shape index (κ1) is 20.8. The Morgan fingerprint density at radius 3 is 2.65 bits per heavy atom. The summed E-state index contributed by atoms with van der Waals surface area (Å²) in [5.74, 6) is 0.842. The Morgan fingerprint density at radius 1 is 1.10 bits per heavy atom. The summed E-state index contributed by atoms with van der Waals surface area (Å²) < 4.78 is 7.15. The van der Waals surface area contributed by atoms with Crippen molar-refractivity contribution in [2.75, 3.05) is 0 Å². The SMILES string of the molecule is CC(=O)c1cc(I)ccc1Oc1nc2ccc(N=[N+]=[N-])cc2cc1Cc1ccccc1. The largest absolute Gasteiger partial charge is 0.438 e. The third-order valence-corrected chi connectivity index (χ3v) is 5.43. The Balaban J connectivity index is 1.84. The minimum atomic E-state index is -0.0714. The molecule has 0 saturated heterocycles. The number of aromatic nitrogens is 1. The number of azide groups is 1. The molecular formula is C24H17IN4O2. The number of carbonyl (C=O) groups excluding carboxylic acids is 1. The quantitative estimate of drug-likeness (QED) is 0.0875. The Hall–Kier alpha value is -3.42. The van der Waals surface area contributed by atoms with E-state index in [1.807, 2.05) is 48.5 Å². The number of rotatable bonds is 6. The molecule has 6 nitrogen and oxygen atoms in total. The number of hydrogen-bond acceptors (Lipinski definition) is 4. The number of Topliss-reactive ketones (excluding diaryl/α,β-unsaturated/α-hetero) is 1. The molecular weight excluding hydrogens is 503 g/mol. The predicted octanol–water partition coefficient (Wildman–Crippen LogP) is 7.37. The van der Waals surface area contributed by atoms with Crippen LogP contribution in [0.5, 0.6) is 11.6 Å². The van der Waals surface area contributed by atoms with Crippen LogP contribution in [0.25, 0.3) is 21.3 Å². The molecule has 0 radical (unpaired) electrons. The zero-order chi connectivity index (χ0) is 21.8. The average Bonchev–Trinajstić information content (AvgIpc) is 2.76. The third-order valence-electron chi connectivity index (χ3n) is 4.76. The van der Waals surface area contributed by atoms with Gasteiger partial charge in [-0.25, -0.2) is 4.98 Å². The molecule has 1 aromatic heterocycles. The van der Waals surface area contributed by atoms with Crippen molar-refractivity contribution in [3.05, 3.63) is 103 Å². The molecule has 1 heterocycles. The van der Waals surface area contributed by atoms with Gasteiger partial charge in [0.05, 0.1) is 11.1 Å². The van der Waals surface area contributed by atoms with Gasteiger partial charge in [0.15, 0.2) is 5.78 Å². The number of halogens is 1. The van der Waals surface area contributed by atoms with E-state index in [4.69, 9.17) is 15.3 Å². The second-order valence-corrected chi connectivity index (χ2v) is 8.23. The van der Waals surface area contributed by atoms with Crippen molar-refractivity contribution < 1.29 is 9.53 Å². The minimum Gasteiger partial charge on any atom is -0.438 e. The van der Waals surface area contributed by atoms with Crippen LogP contribution in [0.15, 0.2) is 77.9 Å². The van der Waals surface area contributed by atoms with Crippen molar-refractivity contribution in [2.45, 2.75) is 13.3 Å². The van der Waals surface area contributed by atoms with Crippen molar-refractivity contribution in [3.63, 3.8) is 0 Å². The van der Waals surface area contributed by atoms with Gasteiger partial charge in [-0.3, -0.25) is 4.79 Å². The van der Waals surface area contributed by atoms with Crippen LogP contribution in [0, 0.1) is 3.57 Å². The molecule has 7 heteroatoms. The number of carbonyl (C=O) groups is 1. The summed E-state index contributed by atoms with van der Waals surface area (Å²) in [5.41, 5.74) is 12.4. The molecule has 0 aliphatic carbocycles. The maximum absolute atomic E-state index is 12.2. The van der Waals surface area contributed by atoms with Gasteiger partial charge in [-0.1, -0.05) is 41.5 Å². The van der Waals surface area contributed by atoms with Gasteiger partial charge in [-0.2, -0.15) is 0 Å². The molecule has 152 valence electrons. The average molecular weight is 520 g/mol. The highest BCUT2D eigenvalue weighted by molar-refractivity contribution is 14.1. The smallest absolute Gasteiger partial charge is 0.223 e. The molecule has 0 amide bonds. The second kappa shape index (κ2) is 9.16. The lowest BCUT2D eigenvalue weighted by molar-refractivity contribution is 0.101. The van der Waals surface area contributed by atoms with Crippen LogP contribution in [-0.4, -0.2) is 10.8 Å². The number of hydrogen-bond donors (Lipinski definition) is 0. The standard InChI is InChI=1S/C24H17IN4O2/c1-15(30)21-14-19(25)7-10-23(21)31-24-18(11-16-5-3-2-4-6-16)12-17-13-20(28-29-26)8-9-22(17)27-24/h2-10,12-14H,11H2,1H3. The van der Waals surface area contributed by atoms with Gasteiger partial charge in [0.1, 0.15) is 5.75 Å². The Labute approximate surface area is 192 Å². The van der Waals surface area contributed by atoms with E-state index in [-0.39, 0.29) is 5.78 Å². The minimum absolute atomic E-state index is 0.0714. The number of nitrogens with zero attached hydrogens (tertiary/aromatic N) is 4. The van der Waals surface area contributed by atoms with Gasteiger partial charge in [-0.05, 0) is 77.0 Å². The Morgan fingerprint density at radius 2 is 1.90 bits per heavy atom. The first-order valence-corrected chi connectivity index (χ1v) is 10.6. The van der Waals surface area contributed by atoms with E-state index < -0.39 is 0 Å². The molecule has 0 aliphatic heterocycles. The molecule has 31 heavy (non-hydrogen) atoms. The molecule has 0 atom stereocenters. The van der Waals surface area contributed by atoms with Crippen LogP contribution in [0.2, 0.25) is 0 Å². The van der Waals surface area contributed by atoms with E-state index in [1.54, 1.807) is 24.3 Å². The van der Waals surface area contributed by atoms with Crippen LogP contribution >= 0.6 is 22.6 Å². The molecule has 4 rings (SSSR count). The molecule has 3 aromatic carbocycles. The fourth-order valence-corrected chi connectivity index (χ4v) is 3.80. The van der Waals surface area contributed by atoms with Gasteiger partial charge in [-0.15, -0.1) is 0 Å². The van der Waals surface area contributed by atoms with Crippen LogP contribution in [-0.2, 0) is 6.42 Å². The second-order valence-electron chi connectivity index (χ2n) is 6.98. The van der Waals surface area contributed by atoms with Crippen LogP contribution in [0.3, 0.4) is 0 Å². The van der Waals surface area contributed by atoms with E-state index in [0.717, 1.165) is 20.1 Å². The third kappa shape index (κ3) is 4.84. The fraction of sp³-hybridized carbons (Fsp3) is 0.0833. The predicted molar refractivity (Wildman–Crippen MR) is 129 cm³/mol. The first-order chi connectivity index (χ1) is 15.0. The number of fused-ring (bicyclic) bond motifs is 1. The Bertz CT molecular complexity index is 1330. The number of pyridine rings is 1. The Kier molecular flexibility index (Phi) is 6.16. The number of benzene rings is 3. The van der Waals surface area contributed by atoms with Crippen molar-refractivity contribution in [2.24, 2.45) is 5.11 Å². The zero-order valence-corrected chi connectivity index (χ0v) is 18.8. The number of ether oxygens (including phenoxy) is 1. The normalized spacial score (nSPS) is 10.5. The van der Waals surface area contributed by atoms with Crippen LogP contribution < -0.4 is 4.74 Å². The van der Waals surface area contributed by atoms with Gasteiger partial charge in [0.2, 0.25) is 5.88 Å². The lowest BCUT2D eigenvalue weighted by Gasteiger charge is -2.14. The van der Waals surface area contributed by atoms with E-state index in [9.17, 15) is 4.79 Å². The molecule has 0 N–H and O–H groups in total. The van der Waals surface area contributed by atoms with Gasteiger partial charge >= 0.3 is 0 Å². The number of ketones is 1. The summed E-state index contributed by atoms with van der Waals surface area (Å²) in [6.45, 7) is 1.52. The molecule has 0 unspecified atom stereocenters. The van der Waals surface area contributed by atoms with Gasteiger partial charge < -0.3 is 4.74 Å². The molecule has 0 bridgehead atoms. The maximum Gasteiger partial charge on any atom is 0.223 e. The molecule has 0 saturated carbocycles. The highest BCUT2D eigenvalue weighted by atomic mass is 127. The summed E-state index contributed by atoms with van der Waals surface area (Å²) in [6.07, 6.45) is 0.602. The fourth-order valence-electron chi connectivity index (χ4n) is 3.31. The summed E-state index contributed by atoms with van der Waals surface area (Å²) in [6, 6.07) is 22.8. The van der Waals surface area contributed by atoms with Crippen molar-refractivity contribution in [1.82, 2.24) is 4.98 Å². The molecule has 0 fully saturated rings. The van der Waals surface area contributed by atoms with Crippen molar-refractivity contribution >= 4 is 45.0 Å². The van der Waals surface area contributed by atoms with Crippen molar-refractivity contribution in [1.29, 1.82) is 0 Å². The highest BCUT2D eigenvalue weighted by Gasteiger charge is 2.15. The van der Waals surface area contributed by atoms with E-state index in [2.05, 4.69) is 32.6 Å². The van der Waals surface area contributed by atoms with E-state index >= 15 is 0 Å². The molecule has 0 aliphatic rings. The van der Waals surface area contributed by atoms with Crippen LogP contribution in [0.1, 0.15) is 28.4 Å². The summed E-state index contributed by atoms with van der Waals surface area (Å²) in [5, 5.41) is 4.53. The zero-order valence-electron chi connectivity index (χ0n) is 16.6. The van der Waals surface area contributed by atoms with Gasteiger partial charge in [0, 0.05) is 31.5 Å². The summed E-state index contributed by atoms with van der Waals surface area (Å²) in [4.78, 5) is 19.7. The first-order valence-electron chi connectivity index (χ1n) is 9.54. The van der Waals surface area contributed by atoms with E-state index in [0.29, 0.717) is 34.8 Å². The topological polar surface area (TPSA) is 88.0 Å². The maximum atomic E-state index is 12.2. The summed E-state index contributed by atoms with van der Waals surface area (Å²) >= 11 is 2.17. The molecule has 0 spiro atoms. The lowest BCUT2D eigenvalue weighted by atomic mass is 10.0. The molecule has 4 aromatic rings.